The quantitative estimate of drug-likeness (QED) is 0.857. The summed E-state index contributed by atoms with van der Waals surface area (Å²) in [5, 5.41) is 0. The molecule has 0 amide bonds. The lowest BCUT2D eigenvalue weighted by Crippen LogP contribution is -2.07. The monoisotopic (exact) mass is 239 g/mol. The Balaban J connectivity index is 2.83. The minimum Gasteiger partial charge on any atom is -0.489 e. The highest BCUT2D eigenvalue weighted by molar-refractivity contribution is 6.25. The SMILES string of the molecule is C/C(=C/Cl)COc1c(C)cccc1CCN. The minimum absolute atomic E-state index is 0.520. The van der Waals surface area contributed by atoms with Crippen molar-refractivity contribution in [3.8, 4) is 5.75 Å². The number of hydrogen-bond acceptors (Lipinski definition) is 2. The van der Waals surface area contributed by atoms with Gasteiger partial charge in [-0.2, -0.15) is 0 Å². The summed E-state index contributed by atoms with van der Waals surface area (Å²) in [5.41, 5.74) is 10.4. The molecule has 2 nitrogen and oxygen atoms in total. The van der Waals surface area contributed by atoms with Crippen LogP contribution in [0.5, 0.6) is 5.75 Å². The molecule has 0 aromatic heterocycles. The first kappa shape index (κ1) is 13.1. The van der Waals surface area contributed by atoms with Crippen molar-refractivity contribution < 1.29 is 4.74 Å². The first-order chi connectivity index (χ1) is 7.69. The van der Waals surface area contributed by atoms with Crippen molar-refractivity contribution in [2.75, 3.05) is 13.2 Å². The average Bonchev–Trinajstić information content (AvgIpc) is 2.28. The van der Waals surface area contributed by atoms with Crippen molar-refractivity contribution in [1.82, 2.24) is 0 Å². The fourth-order valence-corrected chi connectivity index (χ4v) is 1.55. The molecule has 16 heavy (non-hydrogen) atoms. The molecule has 3 heteroatoms. The van der Waals surface area contributed by atoms with Gasteiger partial charge in [-0.15, -0.1) is 0 Å². The van der Waals surface area contributed by atoms with Gasteiger partial charge in [0.25, 0.3) is 0 Å². The van der Waals surface area contributed by atoms with E-state index in [1.165, 1.54) is 0 Å². The summed E-state index contributed by atoms with van der Waals surface area (Å²) in [6, 6.07) is 6.11. The maximum atomic E-state index is 5.76. The number of ether oxygens (including phenoxy) is 1. The molecule has 0 heterocycles. The highest BCUT2D eigenvalue weighted by atomic mass is 35.5. The standard InChI is InChI=1S/C13H18ClNO/c1-10(8-14)9-16-13-11(2)4-3-5-12(13)6-7-15/h3-5,8H,6-7,9,15H2,1-2H3/b10-8-. The van der Waals surface area contributed by atoms with Crippen LogP contribution in [0, 0.1) is 6.92 Å². The van der Waals surface area contributed by atoms with Gasteiger partial charge in [-0.1, -0.05) is 29.8 Å². The first-order valence-corrected chi connectivity index (χ1v) is 5.80. The maximum absolute atomic E-state index is 5.76. The van der Waals surface area contributed by atoms with Gasteiger partial charge in [0.1, 0.15) is 12.4 Å². The van der Waals surface area contributed by atoms with Crippen LogP contribution in [-0.4, -0.2) is 13.2 Å². The normalized spacial score (nSPS) is 11.6. The van der Waals surface area contributed by atoms with E-state index in [9.17, 15) is 0 Å². The zero-order chi connectivity index (χ0) is 12.0. The fraction of sp³-hybridized carbons (Fsp3) is 0.385. The molecular formula is C13H18ClNO. The topological polar surface area (TPSA) is 35.2 Å². The predicted molar refractivity (Wildman–Crippen MR) is 69.0 cm³/mol. The Morgan fingerprint density at radius 2 is 2.25 bits per heavy atom. The molecule has 0 saturated heterocycles. The summed E-state index contributed by atoms with van der Waals surface area (Å²) in [5.74, 6) is 0.936. The highest BCUT2D eigenvalue weighted by Crippen LogP contribution is 2.24. The summed E-state index contributed by atoms with van der Waals surface area (Å²) in [4.78, 5) is 0. The molecule has 2 N–H and O–H groups in total. The van der Waals surface area contributed by atoms with E-state index in [-0.39, 0.29) is 0 Å². The van der Waals surface area contributed by atoms with Crippen molar-refractivity contribution in [1.29, 1.82) is 0 Å². The fourth-order valence-electron chi connectivity index (χ4n) is 1.49. The zero-order valence-electron chi connectivity index (χ0n) is 9.79. The molecule has 0 aliphatic rings. The molecule has 0 aliphatic heterocycles. The van der Waals surface area contributed by atoms with E-state index in [0.717, 1.165) is 28.9 Å². The third-order valence-electron chi connectivity index (χ3n) is 2.34. The molecule has 1 aromatic rings. The molecule has 0 aliphatic carbocycles. The van der Waals surface area contributed by atoms with Crippen molar-refractivity contribution in [2.45, 2.75) is 20.3 Å². The van der Waals surface area contributed by atoms with Gasteiger partial charge in [-0.05, 0) is 43.5 Å². The third-order valence-corrected chi connectivity index (χ3v) is 2.71. The van der Waals surface area contributed by atoms with E-state index in [2.05, 4.69) is 6.07 Å². The average molecular weight is 240 g/mol. The van der Waals surface area contributed by atoms with Crippen LogP contribution in [0.4, 0.5) is 0 Å². The Morgan fingerprint density at radius 1 is 1.50 bits per heavy atom. The number of nitrogens with two attached hydrogens (primary N) is 1. The zero-order valence-corrected chi connectivity index (χ0v) is 10.6. The number of aryl methyl sites for hydroxylation is 1. The molecule has 0 bridgehead atoms. The maximum Gasteiger partial charge on any atom is 0.125 e. The first-order valence-electron chi connectivity index (χ1n) is 5.36. The number of rotatable bonds is 5. The van der Waals surface area contributed by atoms with Crippen molar-refractivity contribution in [2.24, 2.45) is 5.73 Å². The van der Waals surface area contributed by atoms with Crippen LogP contribution < -0.4 is 10.5 Å². The molecule has 0 spiro atoms. The van der Waals surface area contributed by atoms with Crippen LogP contribution >= 0.6 is 11.6 Å². The van der Waals surface area contributed by atoms with Crippen LogP contribution in [0.2, 0.25) is 0 Å². The third kappa shape index (κ3) is 3.54. The lowest BCUT2D eigenvalue weighted by molar-refractivity contribution is 0.346. The molecular weight excluding hydrogens is 222 g/mol. The van der Waals surface area contributed by atoms with Gasteiger partial charge in [0.15, 0.2) is 0 Å². The van der Waals surface area contributed by atoms with Gasteiger partial charge >= 0.3 is 0 Å². The minimum atomic E-state index is 0.520. The Bertz CT molecular complexity index is 374. The summed E-state index contributed by atoms with van der Waals surface area (Å²) < 4.78 is 5.76. The van der Waals surface area contributed by atoms with E-state index >= 15 is 0 Å². The summed E-state index contributed by atoms with van der Waals surface area (Å²) in [6.07, 6.45) is 0.834. The lowest BCUT2D eigenvalue weighted by atomic mass is 10.1. The van der Waals surface area contributed by atoms with E-state index in [0.29, 0.717) is 13.2 Å². The van der Waals surface area contributed by atoms with Crippen LogP contribution in [-0.2, 0) is 6.42 Å². The number of halogens is 1. The van der Waals surface area contributed by atoms with Gasteiger partial charge in [-0.25, -0.2) is 0 Å². The molecule has 1 rings (SSSR count). The second kappa shape index (κ2) is 6.56. The van der Waals surface area contributed by atoms with Crippen LogP contribution in [0.1, 0.15) is 18.1 Å². The Morgan fingerprint density at radius 3 is 2.88 bits per heavy atom. The summed E-state index contributed by atoms with van der Waals surface area (Å²) in [6.45, 7) is 5.12. The summed E-state index contributed by atoms with van der Waals surface area (Å²) >= 11 is 5.60. The molecule has 1 aromatic carbocycles. The van der Waals surface area contributed by atoms with Gasteiger partial charge in [0.05, 0.1) is 0 Å². The smallest absolute Gasteiger partial charge is 0.125 e. The van der Waals surface area contributed by atoms with E-state index in [4.69, 9.17) is 22.1 Å². The van der Waals surface area contributed by atoms with Crippen LogP contribution in [0.3, 0.4) is 0 Å². The Labute approximate surface area is 102 Å². The van der Waals surface area contributed by atoms with E-state index < -0.39 is 0 Å². The van der Waals surface area contributed by atoms with Crippen LogP contribution in [0.25, 0.3) is 0 Å². The number of para-hydroxylation sites is 1. The van der Waals surface area contributed by atoms with Crippen molar-refractivity contribution in [3.05, 3.63) is 40.4 Å². The molecule has 0 unspecified atom stereocenters. The molecule has 88 valence electrons. The lowest BCUT2D eigenvalue weighted by Gasteiger charge is -2.13. The molecule has 0 saturated carbocycles. The Kier molecular flexibility index (Phi) is 5.36. The largest absolute Gasteiger partial charge is 0.489 e. The molecule has 0 fully saturated rings. The predicted octanol–water partition coefficient (Wildman–Crippen LogP) is 3.02. The second-order valence-electron chi connectivity index (χ2n) is 3.85. The number of benzene rings is 1. The molecule has 0 radical (unpaired) electrons. The highest BCUT2D eigenvalue weighted by Gasteiger charge is 2.06. The molecule has 0 atom stereocenters. The van der Waals surface area contributed by atoms with E-state index in [1.807, 2.05) is 26.0 Å². The Hall–Kier alpha value is -0.990. The van der Waals surface area contributed by atoms with Gasteiger partial charge in [0, 0.05) is 5.54 Å². The van der Waals surface area contributed by atoms with Crippen molar-refractivity contribution >= 4 is 11.6 Å². The van der Waals surface area contributed by atoms with Crippen LogP contribution in [0.15, 0.2) is 29.3 Å². The van der Waals surface area contributed by atoms with Gasteiger partial charge < -0.3 is 10.5 Å². The van der Waals surface area contributed by atoms with Crippen molar-refractivity contribution in [3.63, 3.8) is 0 Å². The van der Waals surface area contributed by atoms with Gasteiger partial charge in [-0.3, -0.25) is 0 Å². The summed E-state index contributed by atoms with van der Waals surface area (Å²) in [7, 11) is 0. The van der Waals surface area contributed by atoms with Gasteiger partial charge in [0.2, 0.25) is 0 Å². The second-order valence-corrected chi connectivity index (χ2v) is 4.06. The number of hydrogen-bond donors (Lipinski definition) is 1. The van der Waals surface area contributed by atoms with E-state index in [1.54, 1.807) is 5.54 Å².